The van der Waals surface area contributed by atoms with Gasteiger partial charge in [0.15, 0.2) is 0 Å². The molecule has 2 aromatic carbocycles. The number of sulfonamides is 1. The van der Waals surface area contributed by atoms with Crippen molar-refractivity contribution >= 4 is 22.0 Å². The second-order valence-corrected chi connectivity index (χ2v) is 13.6. The number of carbonyl (C=O) groups excluding carboxylic acids is 2. The number of nitrogens with one attached hydrogen (secondary N) is 1. The van der Waals surface area contributed by atoms with Crippen molar-refractivity contribution in [3.05, 3.63) is 70.8 Å². The van der Waals surface area contributed by atoms with Crippen molar-refractivity contribution in [2.75, 3.05) is 33.0 Å². The van der Waals surface area contributed by atoms with Gasteiger partial charge in [-0.25, -0.2) is 17.5 Å². The Labute approximate surface area is 251 Å². The van der Waals surface area contributed by atoms with E-state index in [1.165, 1.54) is 14.0 Å². The van der Waals surface area contributed by atoms with Gasteiger partial charge in [-0.3, -0.25) is 9.69 Å². The molecular weight excluding hydrogens is 616 g/mol. The average Bonchev–Trinajstić information content (AvgIpc) is 3.18. The van der Waals surface area contributed by atoms with Crippen LogP contribution in [0, 0.1) is 0 Å². The summed E-state index contributed by atoms with van der Waals surface area (Å²) < 4.78 is 111. The number of carbonyl (C=O) groups is 2. The predicted octanol–water partition coefficient (Wildman–Crippen LogP) is 5.50. The minimum atomic E-state index is -5.00. The Bertz CT molecular complexity index is 1460. The zero-order valence-corrected chi connectivity index (χ0v) is 25.1. The summed E-state index contributed by atoms with van der Waals surface area (Å²) in [6.07, 6.45) is -9.13. The molecule has 0 unspecified atom stereocenters. The first-order chi connectivity index (χ1) is 20.3. The van der Waals surface area contributed by atoms with Gasteiger partial charge in [0.25, 0.3) is 5.91 Å². The molecule has 1 saturated heterocycles. The van der Waals surface area contributed by atoms with Crippen molar-refractivity contribution in [2.24, 2.45) is 0 Å². The monoisotopic (exact) mass is 649 g/mol. The molecule has 2 fully saturated rings. The van der Waals surface area contributed by atoms with E-state index in [4.69, 9.17) is 4.74 Å². The quantitative estimate of drug-likeness (QED) is 0.286. The molecule has 242 valence electrons. The number of hydrogen-bond acceptors (Lipinski definition) is 5. The first-order valence-corrected chi connectivity index (χ1v) is 15.6. The zero-order valence-electron chi connectivity index (χ0n) is 24.3. The highest BCUT2D eigenvalue weighted by Gasteiger charge is 2.55. The second kappa shape index (κ2) is 12.0. The van der Waals surface area contributed by atoms with E-state index in [2.05, 4.69) is 5.32 Å². The van der Waals surface area contributed by atoms with Crippen LogP contribution in [0.25, 0.3) is 0 Å². The maximum atomic E-state index is 13.4. The van der Waals surface area contributed by atoms with Crippen LogP contribution in [0.3, 0.4) is 0 Å². The highest BCUT2D eigenvalue weighted by molar-refractivity contribution is 7.88. The fraction of sp³-hybridized carbons (Fsp3) is 0.517. The van der Waals surface area contributed by atoms with Crippen LogP contribution in [0.5, 0.6) is 0 Å². The molecule has 1 aliphatic heterocycles. The smallest absolute Gasteiger partial charge is 0.373 e. The molecule has 0 radical (unpaired) electrons. The zero-order chi connectivity index (χ0) is 32.7. The van der Waals surface area contributed by atoms with E-state index in [0.717, 1.165) is 21.0 Å². The third-order valence-corrected chi connectivity index (χ3v) is 9.90. The van der Waals surface area contributed by atoms with E-state index in [1.54, 1.807) is 18.2 Å². The molecule has 2 aromatic rings. The summed E-state index contributed by atoms with van der Waals surface area (Å²) in [5, 5.41) is 2.77. The molecule has 1 aliphatic carbocycles. The van der Waals surface area contributed by atoms with Crippen LogP contribution in [0.4, 0.5) is 31.1 Å². The first-order valence-electron chi connectivity index (χ1n) is 13.8. The predicted molar refractivity (Wildman–Crippen MR) is 148 cm³/mol. The number of benzene rings is 2. The van der Waals surface area contributed by atoms with Gasteiger partial charge < -0.3 is 10.1 Å². The van der Waals surface area contributed by atoms with Crippen molar-refractivity contribution < 1.29 is 49.1 Å². The number of hydrogen-bond donors (Lipinski definition) is 1. The number of amides is 3. The number of halogens is 6. The topological polar surface area (TPSA) is 96.0 Å². The molecule has 1 N–H and O–H groups in total. The summed E-state index contributed by atoms with van der Waals surface area (Å²) in [5.74, 6) is -0.482. The molecular formula is C29H33F6N3O5S. The maximum absolute atomic E-state index is 13.4. The summed E-state index contributed by atoms with van der Waals surface area (Å²) >= 11 is 0. The van der Waals surface area contributed by atoms with Gasteiger partial charge in [0.05, 0.1) is 30.1 Å². The van der Waals surface area contributed by atoms with Crippen molar-refractivity contribution in [3.8, 4) is 0 Å². The van der Waals surface area contributed by atoms with E-state index in [9.17, 15) is 44.3 Å². The van der Waals surface area contributed by atoms with E-state index in [1.807, 2.05) is 12.1 Å². The fourth-order valence-electron chi connectivity index (χ4n) is 5.68. The Morgan fingerprint density at radius 1 is 0.955 bits per heavy atom. The Balaban J connectivity index is 1.54. The number of imide groups is 1. The van der Waals surface area contributed by atoms with Gasteiger partial charge in [-0.2, -0.15) is 26.3 Å². The normalized spacial score (nSPS) is 23.8. The van der Waals surface area contributed by atoms with Crippen LogP contribution < -0.4 is 5.32 Å². The molecule has 0 bridgehead atoms. The lowest BCUT2D eigenvalue weighted by Gasteiger charge is -2.44. The van der Waals surface area contributed by atoms with Crippen LogP contribution in [-0.4, -0.2) is 68.1 Å². The summed E-state index contributed by atoms with van der Waals surface area (Å²) in [5.41, 5.74) is -4.32. The van der Waals surface area contributed by atoms with Crippen LogP contribution in [-0.2, 0) is 37.3 Å². The van der Waals surface area contributed by atoms with Gasteiger partial charge in [-0.05, 0) is 61.9 Å². The number of rotatable bonds is 9. The highest BCUT2D eigenvalue weighted by atomic mass is 32.2. The van der Waals surface area contributed by atoms with Crippen LogP contribution in [0.15, 0.2) is 48.5 Å². The summed E-state index contributed by atoms with van der Waals surface area (Å²) in [7, 11) is -2.19. The number of alkyl halides is 6. The van der Waals surface area contributed by atoms with Gasteiger partial charge in [0, 0.05) is 25.6 Å². The molecule has 1 heterocycles. The summed E-state index contributed by atoms with van der Waals surface area (Å²) in [6, 6.07) is 9.75. The number of likely N-dealkylation sites (N-methyl/N-ethyl adjacent to an activating group) is 1. The van der Waals surface area contributed by atoms with E-state index in [0.29, 0.717) is 25.0 Å². The van der Waals surface area contributed by atoms with Gasteiger partial charge in [-0.1, -0.05) is 30.3 Å². The van der Waals surface area contributed by atoms with E-state index < -0.39 is 62.5 Å². The first kappa shape index (κ1) is 33.7. The van der Waals surface area contributed by atoms with Crippen molar-refractivity contribution in [2.45, 2.75) is 62.0 Å². The molecule has 1 saturated carbocycles. The van der Waals surface area contributed by atoms with E-state index >= 15 is 0 Å². The second-order valence-electron chi connectivity index (χ2n) is 11.5. The van der Waals surface area contributed by atoms with E-state index in [-0.39, 0.29) is 44.2 Å². The number of nitrogens with zero attached hydrogens (tertiary/aromatic N) is 2. The summed E-state index contributed by atoms with van der Waals surface area (Å²) in [4.78, 5) is 27.2. The summed E-state index contributed by atoms with van der Waals surface area (Å²) in [6.45, 7) is 1.08. The maximum Gasteiger partial charge on any atom is 0.416 e. The molecule has 1 atom stereocenters. The molecule has 3 amide bonds. The number of ether oxygens (including phenoxy) is 1. The third kappa shape index (κ3) is 7.04. The van der Waals surface area contributed by atoms with Crippen LogP contribution >= 0.6 is 0 Å². The van der Waals surface area contributed by atoms with Gasteiger partial charge in [0.1, 0.15) is 5.54 Å². The molecule has 44 heavy (non-hydrogen) atoms. The molecule has 8 nitrogen and oxygen atoms in total. The lowest BCUT2D eigenvalue weighted by Crippen LogP contribution is -2.53. The highest BCUT2D eigenvalue weighted by Crippen LogP contribution is 2.46. The molecule has 2 aliphatic rings. The largest absolute Gasteiger partial charge is 0.416 e. The number of urea groups is 1. The standard InChI is InChI=1S/C29H33F6N3O5S/c1-19(20-15-22(28(30,31)32)17-23(16-20)29(33,34)35)43-18-26(21-7-5-4-6-8-21)9-11-27(12-10-26)24(39)38(25(40)36-27)14-13-37(2)44(3,41)42/h4-8,15-17,19H,9-14,18H2,1-3H3,(H,36,40)/t19-,26?,27?/m1/s1. The fourth-order valence-corrected chi connectivity index (χ4v) is 6.10. The minimum absolute atomic E-state index is 0.0671. The lowest BCUT2D eigenvalue weighted by molar-refractivity contribution is -0.143. The Hall–Kier alpha value is -3.17. The Kier molecular flexibility index (Phi) is 9.17. The molecule has 4 rings (SSSR count). The van der Waals surface area contributed by atoms with Crippen LogP contribution in [0.1, 0.15) is 61.0 Å². The minimum Gasteiger partial charge on any atom is -0.373 e. The lowest BCUT2D eigenvalue weighted by atomic mass is 9.64. The van der Waals surface area contributed by atoms with Crippen LogP contribution in [0.2, 0.25) is 0 Å². The van der Waals surface area contributed by atoms with Crippen molar-refractivity contribution in [3.63, 3.8) is 0 Å². The third-order valence-electron chi connectivity index (χ3n) is 8.59. The van der Waals surface area contributed by atoms with Gasteiger partial charge in [0.2, 0.25) is 10.0 Å². The van der Waals surface area contributed by atoms with Crippen molar-refractivity contribution in [1.29, 1.82) is 0 Å². The molecule has 15 heteroatoms. The van der Waals surface area contributed by atoms with Gasteiger partial charge >= 0.3 is 18.4 Å². The van der Waals surface area contributed by atoms with Crippen molar-refractivity contribution in [1.82, 2.24) is 14.5 Å². The average molecular weight is 650 g/mol. The van der Waals surface area contributed by atoms with Gasteiger partial charge in [-0.15, -0.1) is 0 Å². The molecule has 1 spiro atoms. The Morgan fingerprint density at radius 3 is 2.00 bits per heavy atom. The SMILES string of the molecule is C[C@@H](OCC1(c2ccccc2)CCC2(CC1)NC(=O)N(CCN(C)S(C)(=O)=O)C2=O)c1cc(C(F)(F)F)cc(C(F)(F)F)c1. The Morgan fingerprint density at radius 2 is 1.50 bits per heavy atom. The molecule has 0 aromatic heterocycles.